The number of rotatable bonds is 5. The SMILES string of the molecule is Cn1nnc(NS(=O)(=O)c2cc([N+](=O)[O-])c(NN)s2)n1. The summed E-state index contributed by atoms with van der Waals surface area (Å²) in [6.07, 6.45) is 0. The Hall–Kier alpha value is -2.32. The predicted molar refractivity (Wildman–Crippen MR) is 68.4 cm³/mol. The Morgan fingerprint density at radius 2 is 2.25 bits per heavy atom. The van der Waals surface area contributed by atoms with Crippen LogP contribution in [0.2, 0.25) is 0 Å². The molecule has 0 unspecified atom stereocenters. The molecule has 2 aromatic rings. The van der Waals surface area contributed by atoms with E-state index >= 15 is 0 Å². The van der Waals surface area contributed by atoms with Crippen molar-refractivity contribution in [3.05, 3.63) is 16.2 Å². The third-order valence-electron chi connectivity index (χ3n) is 2.02. The molecule has 0 aliphatic heterocycles. The minimum absolute atomic E-state index is 0.0810. The largest absolute Gasteiger partial charge is 0.310 e. The van der Waals surface area contributed by atoms with Gasteiger partial charge >= 0.3 is 5.69 Å². The van der Waals surface area contributed by atoms with Crippen LogP contribution in [-0.2, 0) is 17.1 Å². The van der Waals surface area contributed by atoms with Crippen LogP contribution in [0.1, 0.15) is 0 Å². The van der Waals surface area contributed by atoms with Crippen molar-refractivity contribution in [1.29, 1.82) is 0 Å². The van der Waals surface area contributed by atoms with Crippen LogP contribution in [0.5, 0.6) is 0 Å². The molecule has 4 N–H and O–H groups in total. The lowest BCUT2D eigenvalue weighted by atomic mass is 10.5. The van der Waals surface area contributed by atoms with Gasteiger partial charge in [-0.25, -0.2) is 19.0 Å². The van der Waals surface area contributed by atoms with Crippen LogP contribution in [0, 0.1) is 10.1 Å². The molecule has 0 saturated heterocycles. The van der Waals surface area contributed by atoms with E-state index in [1.54, 1.807) is 0 Å². The van der Waals surface area contributed by atoms with Crippen molar-refractivity contribution in [2.75, 3.05) is 10.1 Å². The van der Waals surface area contributed by atoms with Crippen LogP contribution in [0.3, 0.4) is 0 Å². The van der Waals surface area contributed by atoms with E-state index in [0.717, 1.165) is 10.9 Å². The number of nitro groups is 1. The first-order chi connectivity index (χ1) is 9.33. The van der Waals surface area contributed by atoms with Crippen molar-refractivity contribution in [3.63, 3.8) is 0 Å². The zero-order chi connectivity index (χ0) is 14.9. The van der Waals surface area contributed by atoms with Gasteiger partial charge in [0.05, 0.1) is 12.0 Å². The first kappa shape index (κ1) is 14.1. The van der Waals surface area contributed by atoms with Crippen molar-refractivity contribution in [3.8, 4) is 0 Å². The summed E-state index contributed by atoms with van der Waals surface area (Å²) in [5.74, 6) is 4.86. The Kier molecular flexibility index (Phi) is 3.51. The lowest BCUT2D eigenvalue weighted by Gasteiger charge is -1.99. The smallest absolute Gasteiger partial charge is 0.306 e. The maximum Gasteiger partial charge on any atom is 0.306 e. The van der Waals surface area contributed by atoms with Gasteiger partial charge in [-0.15, -0.1) is 5.10 Å². The van der Waals surface area contributed by atoms with E-state index in [2.05, 4.69) is 20.8 Å². The van der Waals surface area contributed by atoms with Gasteiger partial charge in [0.2, 0.25) is 0 Å². The molecule has 0 atom stereocenters. The van der Waals surface area contributed by atoms with Crippen molar-refractivity contribution in [1.82, 2.24) is 20.2 Å². The van der Waals surface area contributed by atoms with E-state index in [1.165, 1.54) is 7.05 Å². The fourth-order valence-corrected chi connectivity index (χ4v) is 3.40. The highest BCUT2D eigenvalue weighted by Crippen LogP contribution is 2.36. The maximum atomic E-state index is 12.0. The lowest BCUT2D eigenvalue weighted by molar-refractivity contribution is -0.383. The summed E-state index contributed by atoms with van der Waals surface area (Å²) in [4.78, 5) is 11.1. The van der Waals surface area contributed by atoms with E-state index < -0.39 is 20.6 Å². The Balaban J connectivity index is 2.37. The van der Waals surface area contributed by atoms with E-state index in [1.807, 2.05) is 4.72 Å². The van der Waals surface area contributed by atoms with E-state index in [-0.39, 0.29) is 15.2 Å². The van der Waals surface area contributed by atoms with Crippen LogP contribution in [0.25, 0.3) is 0 Å². The molecule has 0 aliphatic rings. The highest BCUT2D eigenvalue weighted by atomic mass is 32.2. The number of nitrogens with one attached hydrogen (secondary N) is 2. The summed E-state index contributed by atoms with van der Waals surface area (Å²) in [5.41, 5.74) is 1.63. The molecular weight excluding hydrogens is 312 g/mol. The summed E-state index contributed by atoms with van der Waals surface area (Å²) in [7, 11) is -2.60. The Morgan fingerprint density at radius 3 is 2.70 bits per heavy atom. The highest BCUT2D eigenvalue weighted by molar-refractivity contribution is 7.94. The summed E-state index contributed by atoms with van der Waals surface area (Å²) >= 11 is 0.610. The number of nitrogen functional groups attached to an aromatic ring is 1. The second kappa shape index (κ2) is 4.99. The molecule has 0 amide bonds. The van der Waals surface area contributed by atoms with Gasteiger partial charge in [0.25, 0.3) is 16.0 Å². The number of tetrazole rings is 1. The van der Waals surface area contributed by atoms with E-state index in [9.17, 15) is 18.5 Å². The summed E-state index contributed by atoms with van der Waals surface area (Å²) in [5, 5.41) is 21.2. The van der Waals surface area contributed by atoms with Crippen molar-refractivity contribution >= 4 is 38.0 Å². The molecule has 0 fully saturated rings. The lowest BCUT2D eigenvalue weighted by Crippen LogP contribution is -2.13. The number of hydrazine groups is 1. The Labute approximate surface area is 115 Å². The third-order valence-corrected chi connectivity index (χ3v) is 4.87. The summed E-state index contributed by atoms with van der Waals surface area (Å²) in [6.45, 7) is 0. The van der Waals surface area contributed by atoms with E-state index in [0.29, 0.717) is 11.3 Å². The Morgan fingerprint density at radius 1 is 1.55 bits per heavy atom. The average molecular weight is 320 g/mol. The number of anilines is 2. The first-order valence-electron chi connectivity index (χ1n) is 4.85. The fourth-order valence-electron chi connectivity index (χ4n) is 1.23. The van der Waals surface area contributed by atoms with Gasteiger partial charge in [-0.1, -0.05) is 16.4 Å². The number of hydrogen-bond acceptors (Lipinski definition) is 10. The van der Waals surface area contributed by atoms with Gasteiger partial charge in [0, 0.05) is 6.07 Å². The topological polar surface area (TPSA) is 171 Å². The molecular formula is C6H8N8O4S2. The monoisotopic (exact) mass is 320 g/mol. The van der Waals surface area contributed by atoms with Crippen molar-refractivity contribution in [2.24, 2.45) is 12.9 Å². The number of aromatic nitrogens is 4. The molecule has 20 heavy (non-hydrogen) atoms. The number of hydrogen-bond donors (Lipinski definition) is 3. The van der Waals surface area contributed by atoms with Crippen LogP contribution in [0.4, 0.5) is 16.6 Å². The highest BCUT2D eigenvalue weighted by Gasteiger charge is 2.26. The molecule has 0 aromatic carbocycles. The molecule has 0 radical (unpaired) electrons. The van der Waals surface area contributed by atoms with Gasteiger partial charge in [-0.3, -0.25) is 10.1 Å². The van der Waals surface area contributed by atoms with Crippen LogP contribution in [-0.4, -0.2) is 33.5 Å². The average Bonchev–Trinajstić information content (AvgIpc) is 2.95. The summed E-state index contributed by atoms with van der Waals surface area (Å²) < 4.78 is 25.8. The second-order valence-corrected chi connectivity index (χ2v) is 6.35. The minimum atomic E-state index is -4.06. The van der Waals surface area contributed by atoms with Crippen LogP contribution >= 0.6 is 11.3 Å². The zero-order valence-electron chi connectivity index (χ0n) is 9.84. The Bertz CT molecular complexity index is 749. The molecule has 0 bridgehead atoms. The fraction of sp³-hybridized carbons (Fsp3) is 0.167. The maximum absolute atomic E-state index is 12.0. The second-order valence-electron chi connectivity index (χ2n) is 3.39. The number of nitrogens with zero attached hydrogens (tertiary/aromatic N) is 5. The molecule has 12 nitrogen and oxygen atoms in total. The molecule has 14 heteroatoms. The normalized spacial score (nSPS) is 11.3. The molecule has 0 spiro atoms. The summed E-state index contributed by atoms with van der Waals surface area (Å²) in [6, 6.07) is 0.887. The van der Waals surface area contributed by atoms with Crippen LogP contribution in [0.15, 0.2) is 10.3 Å². The van der Waals surface area contributed by atoms with Gasteiger partial charge in [0.1, 0.15) is 4.21 Å². The molecule has 2 aromatic heterocycles. The number of nitrogens with two attached hydrogens (primary N) is 1. The van der Waals surface area contributed by atoms with Gasteiger partial charge in [-0.2, -0.15) is 4.80 Å². The number of sulfonamides is 1. The van der Waals surface area contributed by atoms with Gasteiger partial charge < -0.3 is 5.43 Å². The van der Waals surface area contributed by atoms with Crippen molar-refractivity contribution < 1.29 is 13.3 Å². The molecule has 0 aliphatic carbocycles. The standard InChI is InChI=1S/C6H8N8O4S2/c1-13-10-6(9-12-13)11-20(17,18)4-2-3(14(15)16)5(8-7)19-4/h2,8H,7H2,1H3,(H,10,11). The van der Waals surface area contributed by atoms with E-state index in [4.69, 9.17) is 5.84 Å². The predicted octanol–water partition coefficient (Wildman–Crippen LogP) is -0.734. The molecule has 2 heterocycles. The molecule has 0 saturated carbocycles. The third kappa shape index (κ3) is 2.65. The quantitative estimate of drug-likeness (QED) is 0.364. The zero-order valence-corrected chi connectivity index (χ0v) is 11.5. The first-order valence-corrected chi connectivity index (χ1v) is 7.15. The van der Waals surface area contributed by atoms with Gasteiger partial charge in [-0.05, 0) is 5.21 Å². The number of aryl methyl sites for hydroxylation is 1. The molecule has 2 rings (SSSR count). The van der Waals surface area contributed by atoms with Gasteiger partial charge in [0.15, 0.2) is 5.00 Å². The van der Waals surface area contributed by atoms with Crippen LogP contribution < -0.4 is 16.0 Å². The minimum Gasteiger partial charge on any atom is -0.310 e. The number of thiophene rings is 1. The molecule has 108 valence electrons. The van der Waals surface area contributed by atoms with Crippen molar-refractivity contribution in [2.45, 2.75) is 4.21 Å².